The van der Waals surface area contributed by atoms with Gasteiger partial charge in [0, 0.05) is 18.6 Å². The zero-order valence-corrected chi connectivity index (χ0v) is 2.34. The van der Waals surface area contributed by atoms with E-state index in [0.717, 1.165) is 0 Å². The third-order valence-electron chi connectivity index (χ3n) is 0. The van der Waals surface area contributed by atoms with Gasteiger partial charge >= 0.3 is 23.1 Å². The summed E-state index contributed by atoms with van der Waals surface area (Å²) < 4.78 is 0. The molecule has 0 aliphatic rings. The second-order valence-electron chi connectivity index (χ2n) is 0. The summed E-state index contributed by atoms with van der Waals surface area (Å²) in [5.41, 5.74) is 0. The average molecular weight is 125 g/mol. The summed E-state index contributed by atoms with van der Waals surface area (Å²) in [5, 5.41) is 0. The summed E-state index contributed by atoms with van der Waals surface area (Å²) in [6.45, 7) is 0. The van der Waals surface area contributed by atoms with Gasteiger partial charge < -0.3 is 5.48 Å². The van der Waals surface area contributed by atoms with E-state index in [9.17, 15) is 0 Å². The van der Waals surface area contributed by atoms with Gasteiger partial charge in [0.05, 0.1) is 0 Å². The molecule has 4 heavy (non-hydrogen) atoms. The van der Waals surface area contributed by atoms with Crippen LogP contribution in [-0.2, 0) is 18.6 Å². The molecule has 1 radical (unpaired) electrons. The van der Waals surface area contributed by atoms with Gasteiger partial charge in [-0.1, -0.05) is 0 Å². The Morgan fingerprint density at radius 2 is 1.00 bits per heavy atom. The van der Waals surface area contributed by atoms with Gasteiger partial charge in [-0.3, -0.25) is 0 Å². The zero-order chi connectivity index (χ0) is 0. The van der Waals surface area contributed by atoms with E-state index in [1.165, 1.54) is 0 Å². The minimum atomic E-state index is 0. The van der Waals surface area contributed by atoms with Crippen LogP contribution in [-0.4, -0.2) is 45.9 Å². The van der Waals surface area contributed by atoms with Crippen LogP contribution >= 0.6 is 0 Å². The molecule has 4 heteroatoms. The Morgan fingerprint density at radius 1 is 1.00 bits per heavy atom. The smallest absolute Gasteiger partial charge is 0.316 e. The van der Waals surface area contributed by atoms with E-state index < -0.39 is 0 Å². The maximum Gasteiger partial charge on any atom is 0.316 e. The van der Waals surface area contributed by atoms with Crippen LogP contribution in [0, 0.1) is 0 Å². The predicted molar refractivity (Wildman–Crippen MR) is 22.1 cm³/mol. The summed E-state index contributed by atoms with van der Waals surface area (Å²) in [5.74, 6) is 0. The van der Waals surface area contributed by atoms with Crippen LogP contribution < -0.4 is 0 Å². The summed E-state index contributed by atoms with van der Waals surface area (Å²) >= 11 is 0. The zero-order valence-electron chi connectivity index (χ0n) is 0.947. The molecule has 0 atom stereocenters. The van der Waals surface area contributed by atoms with Gasteiger partial charge in [0.25, 0.3) is 0 Å². The van der Waals surface area contributed by atoms with E-state index in [1.54, 1.807) is 0 Å². The van der Waals surface area contributed by atoms with Gasteiger partial charge in [0.2, 0.25) is 0 Å². The first kappa shape index (κ1) is 40.3. The van der Waals surface area contributed by atoms with Crippen molar-refractivity contribution in [3.63, 3.8) is 0 Å². The largest absolute Gasteiger partial charge is 0.412 e. The molecule has 0 bridgehead atoms. The third kappa shape index (κ3) is 9.14. The molecular weight excluding hydrogens is 118 g/mol. The Morgan fingerprint density at radius 3 is 1.00 bits per heavy atom. The van der Waals surface area contributed by atoms with Crippen molar-refractivity contribution in [2.24, 2.45) is 0 Å². The molecule has 0 aromatic rings. The van der Waals surface area contributed by atoms with Gasteiger partial charge in [-0.25, -0.2) is 0 Å². The number of hydrogen-bond acceptors (Lipinski definition) is 0. The predicted octanol–water partition coefficient (Wildman–Crippen LogP) is -2.93. The fourth-order valence-electron chi connectivity index (χ4n) is 0. The van der Waals surface area contributed by atoms with Crippen molar-refractivity contribution in [1.82, 2.24) is 0 Å². The Balaban J connectivity index is 0. The molecule has 0 aromatic heterocycles. The van der Waals surface area contributed by atoms with E-state index in [0.29, 0.717) is 0 Å². The van der Waals surface area contributed by atoms with Crippen LogP contribution in [0.2, 0.25) is 0 Å². The van der Waals surface area contributed by atoms with E-state index in [2.05, 4.69) is 0 Å². The normalized spacial score (nSPS) is 0. The summed E-state index contributed by atoms with van der Waals surface area (Å²) in [6, 6.07) is 0. The standard InChI is InChI=1S/Al.Mg.H2O.V.5H/h;;1H2;;;;;;. The topological polar surface area (TPSA) is 31.5 Å². The molecular formula is H7AlMgOV. The Labute approximate surface area is 64.0 Å². The minimum absolute atomic E-state index is 0. The van der Waals surface area contributed by atoms with E-state index in [4.69, 9.17) is 0 Å². The molecule has 0 unspecified atom stereocenters. The Kier molecular flexibility index (Phi) is 212. The summed E-state index contributed by atoms with van der Waals surface area (Å²) in [4.78, 5) is 0. The van der Waals surface area contributed by atoms with Gasteiger partial charge in [0.15, 0.2) is 17.4 Å². The molecule has 0 rings (SSSR count). The van der Waals surface area contributed by atoms with Gasteiger partial charge in [-0.15, -0.1) is 0 Å². The summed E-state index contributed by atoms with van der Waals surface area (Å²) in [7, 11) is 0. The molecule has 0 aliphatic carbocycles. The van der Waals surface area contributed by atoms with Crippen LogP contribution in [0.3, 0.4) is 0 Å². The Bertz CT molecular complexity index is 8.00. The molecule has 0 saturated heterocycles. The molecule has 0 amide bonds. The molecule has 0 saturated carbocycles. The second-order valence-corrected chi connectivity index (χ2v) is 0. The first-order valence-electron chi connectivity index (χ1n) is 0. The van der Waals surface area contributed by atoms with Gasteiger partial charge in [-0.05, 0) is 0 Å². The van der Waals surface area contributed by atoms with Crippen LogP contribution in [0.25, 0.3) is 0 Å². The molecule has 0 heterocycles. The quantitative estimate of drug-likeness (QED) is 0.311. The van der Waals surface area contributed by atoms with Crippen molar-refractivity contribution in [2.75, 3.05) is 0 Å². The van der Waals surface area contributed by atoms with Gasteiger partial charge in [0.1, 0.15) is 0 Å². The van der Waals surface area contributed by atoms with Crippen molar-refractivity contribution in [3.05, 3.63) is 0 Å². The van der Waals surface area contributed by atoms with E-state index in [-0.39, 0.29) is 64.4 Å². The fraction of sp³-hybridized carbons (Fsp3) is 0. The van der Waals surface area contributed by atoms with E-state index in [1.807, 2.05) is 0 Å². The third-order valence-corrected chi connectivity index (χ3v) is 0. The monoisotopic (exact) mass is 125 g/mol. The van der Waals surface area contributed by atoms with Crippen molar-refractivity contribution in [3.8, 4) is 0 Å². The molecule has 2 N–H and O–H groups in total. The second kappa shape index (κ2) is 21.1. The first-order chi connectivity index (χ1) is 0. The first-order valence-corrected chi connectivity index (χ1v) is 0. The van der Waals surface area contributed by atoms with E-state index >= 15 is 0 Å². The van der Waals surface area contributed by atoms with Gasteiger partial charge in [-0.2, -0.15) is 0 Å². The average Bonchev–Trinajstić information content (AvgIpc) is 0. The molecule has 0 aliphatic heterocycles. The molecule has 0 spiro atoms. The molecule has 0 fully saturated rings. The summed E-state index contributed by atoms with van der Waals surface area (Å²) in [6.07, 6.45) is 0. The minimum Gasteiger partial charge on any atom is -0.412 e. The van der Waals surface area contributed by atoms with Crippen LogP contribution in [0.4, 0.5) is 0 Å². The molecule has 23 valence electrons. The molecule has 0 aromatic carbocycles. The maximum absolute atomic E-state index is 0. The van der Waals surface area contributed by atoms with Crippen LogP contribution in [0.15, 0.2) is 0 Å². The molecule has 1 nitrogen and oxygen atoms in total. The van der Waals surface area contributed by atoms with Crippen molar-refractivity contribution in [1.29, 1.82) is 0 Å². The fourth-order valence-corrected chi connectivity index (χ4v) is 0. The SMILES string of the molecule is O.[AlH3].[MgH2].[V]. The van der Waals surface area contributed by atoms with Crippen LogP contribution in [0.5, 0.6) is 0 Å². The van der Waals surface area contributed by atoms with Crippen molar-refractivity contribution in [2.45, 2.75) is 0 Å². The Hall–Kier alpha value is 1.84. The number of rotatable bonds is 0. The number of hydrogen-bond donors (Lipinski definition) is 0. The van der Waals surface area contributed by atoms with Crippen molar-refractivity contribution < 1.29 is 24.0 Å². The van der Waals surface area contributed by atoms with Crippen molar-refractivity contribution >= 4 is 40.4 Å². The maximum atomic E-state index is 0. The van der Waals surface area contributed by atoms with Crippen LogP contribution in [0.1, 0.15) is 0 Å².